The van der Waals surface area contributed by atoms with Crippen LogP contribution < -0.4 is 5.32 Å². The zero-order valence-electron chi connectivity index (χ0n) is 8.53. The summed E-state index contributed by atoms with van der Waals surface area (Å²) in [6.45, 7) is 0.551. The molecular formula is C10H15N3OS. The summed E-state index contributed by atoms with van der Waals surface area (Å²) in [5.41, 5.74) is 0.948. The number of aromatic nitrogens is 2. The number of carbonyl (C=O) groups is 1. The van der Waals surface area contributed by atoms with Gasteiger partial charge in [-0.05, 0) is 24.7 Å². The van der Waals surface area contributed by atoms with Gasteiger partial charge >= 0.3 is 0 Å². The van der Waals surface area contributed by atoms with E-state index in [-0.39, 0.29) is 11.2 Å². The third-order valence-electron chi connectivity index (χ3n) is 2.48. The van der Waals surface area contributed by atoms with Crippen LogP contribution in [-0.2, 0) is 11.3 Å². The predicted octanol–water partition coefficient (Wildman–Crippen LogP) is 1.31. The molecule has 0 spiro atoms. The highest BCUT2D eigenvalue weighted by Gasteiger charge is 2.21. The molecule has 1 aromatic heterocycles. The van der Waals surface area contributed by atoms with E-state index in [1.807, 2.05) is 6.07 Å². The number of hydrogen-bond acceptors (Lipinski definition) is 3. The lowest BCUT2D eigenvalue weighted by Gasteiger charge is -2.20. The van der Waals surface area contributed by atoms with Crippen LogP contribution in [0.3, 0.4) is 0 Å². The number of nitrogens with one attached hydrogen (secondary N) is 2. The maximum absolute atomic E-state index is 11.7. The van der Waals surface area contributed by atoms with Crippen LogP contribution in [0.1, 0.15) is 25.0 Å². The number of nitrogens with zero attached hydrogens (tertiary/aromatic N) is 1. The van der Waals surface area contributed by atoms with Gasteiger partial charge in [-0.2, -0.15) is 5.10 Å². The first-order valence-corrected chi connectivity index (χ1v) is 6.29. The van der Waals surface area contributed by atoms with E-state index < -0.39 is 0 Å². The van der Waals surface area contributed by atoms with Gasteiger partial charge in [0, 0.05) is 6.20 Å². The lowest BCUT2D eigenvalue weighted by atomic mass is 10.2. The number of amides is 1. The molecule has 0 radical (unpaired) electrons. The molecule has 2 heterocycles. The van der Waals surface area contributed by atoms with Gasteiger partial charge in [-0.1, -0.05) is 6.42 Å². The number of carbonyl (C=O) groups excluding carboxylic acids is 1. The molecule has 2 N–H and O–H groups in total. The summed E-state index contributed by atoms with van der Waals surface area (Å²) in [6.07, 6.45) is 5.13. The highest BCUT2D eigenvalue weighted by molar-refractivity contribution is 8.00. The normalized spacial score (nSPS) is 21.2. The molecule has 1 aliphatic heterocycles. The molecule has 1 amide bonds. The molecule has 1 unspecified atom stereocenters. The highest BCUT2D eigenvalue weighted by Crippen LogP contribution is 2.24. The van der Waals surface area contributed by atoms with Crippen molar-refractivity contribution >= 4 is 17.7 Å². The number of aromatic amines is 1. The van der Waals surface area contributed by atoms with Crippen LogP contribution >= 0.6 is 11.8 Å². The van der Waals surface area contributed by atoms with Gasteiger partial charge in [0.2, 0.25) is 5.91 Å². The van der Waals surface area contributed by atoms with Crippen molar-refractivity contribution in [1.82, 2.24) is 15.5 Å². The van der Waals surface area contributed by atoms with Gasteiger partial charge in [-0.15, -0.1) is 11.8 Å². The summed E-state index contributed by atoms with van der Waals surface area (Å²) in [5.74, 6) is 1.27. The van der Waals surface area contributed by atoms with Crippen LogP contribution in [-0.4, -0.2) is 27.1 Å². The van der Waals surface area contributed by atoms with E-state index in [0.717, 1.165) is 17.9 Å². The van der Waals surface area contributed by atoms with Gasteiger partial charge in [0.05, 0.1) is 17.5 Å². The Hall–Kier alpha value is -0.970. The first-order chi connectivity index (χ1) is 7.36. The van der Waals surface area contributed by atoms with Crippen molar-refractivity contribution in [2.24, 2.45) is 0 Å². The second-order valence-corrected chi connectivity index (χ2v) is 4.97. The SMILES string of the molecule is O=C(NCc1ccn[nH]1)C1CCCCS1. The number of H-pyrrole nitrogens is 1. The summed E-state index contributed by atoms with van der Waals surface area (Å²) in [7, 11) is 0. The molecular weight excluding hydrogens is 210 g/mol. The molecule has 15 heavy (non-hydrogen) atoms. The maximum atomic E-state index is 11.7. The van der Waals surface area contributed by atoms with E-state index in [4.69, 9.17) is 0 Å². The van der Waals surface area contributed by atoms with Crippen molar-refractivity contribution in [3.05, 3.63) is 18.0 Å². The summed E-state index contributed by atoms with van der Waals surface area (Å²) >= 11 is 1.77. The standard InChI is InChI=1S/C10H15N3OS/c14-10(9-3-1-2-6-15-9)11-7-8-4-5-12-13-8/h4-5,9H,1-3,6-7H2,(H,11,14)(H,12,13). The van der Waals surface area contributed by atoms with E-state index in [2.05, 4.69) is 15.5 Å². The Balaban J connectivity index is 1.76. The lowest BCUT2D eigenvalue weighted by Crippen LogP contribution is -2.33. The Morgan fingerprint density at radius 2 is 2.60 bits per heavy atom. The minimum Gasteiger partial charge on any atom is -0.350 e. The van der Waals surface area contributed by atoms with Gasteiger partial charge < -0.3 is 5.32 Å². The number of hydrogen-bond donors (Lipinski definition) is 2. The quantitative estimate of drug-likeness (QED) is 0.815. The summed E-state index contributed by atoms with van der Waals surface area (Å²) in [6, 6.07) is 1.87. The topological polar surface area (TPSA) is 57.8 Å². The summed E-state index contributed by atoms with van der Waals surface area (Å²) in [5, 5.41) is 9.73. The van der Waals surface area contributed by atoms with Crippen LogP contribution in [0.4, 0.5) is 0 Å². The number of rotatable bonds is 3. The van der Waals surface area contributed by atoms with E-state index in [9.17, 15) is 4.79 Å². The van der Waals surface area contributed by atoms with Crippen LogP contribution in [0.5, 0.6) is 0 Å². The Labute approximate surface area is 93.2 Å². The van der Waals surface area contributed by atoms with Crippen molar-refractivity contribution < 1.29 is 4.79 Å². The average Bonchev–Trinajstić information content (AvgIpc) is 2.80. The van der Waals surface area contributed by atoms with E-state index in [0.29, 0.717) is 6.54 Å². The molecule has 1 fully saturated rings. The predicted molar refractivity (Wildman–Crippen MR) is 60.5 cm³/mol. The average molecular weight is 225 g/mol. The van der Waals surface area contributed by atoms with Crippen LogP contribution in [0.15, 0.2) is 12.3 Å². The fourth-order valence-electron chi connectivity index (χ4n) is 1.63. The fourth-order valence-corrected chi connectivity index (χ4v) is 2.85. The minimum atomic E-state index is 0.154. The third-order valence-corrected chi connectivity index (χ3v) is 3.86. The van der Waals surface area contributed by atoms with Crippen molar-refractivity contribution in [3.63, 3.8) is 0 Å². The molecule has 0 bridgehead atoms. The fraction of sp³-hybridized carbons (Fsp3) is 0.600. The molecule has 4 nitrogen and oxygen atoms in total. The highest BCUT2D eigenvalue weighted by atomic mass is 32.2. The molecule has 2 rings (SSSR count). The zero-order valence-corrected chi connectivity index (χ0v) is 9.35. The van der Waals surface area contributed by atoms with Crippen LogP contribution in [0.25, 0.3) is 0 Å². The third kappa shape index (κ3) is 2.99. The van der Waals surface area contributed by atoms with Gasteiger partial charge in [-0.25, -0.2) is 0 Å². The van der Waals surface area contributed by atoms with Crippen molar-refractivity contribution in [2.75, 3.05) is 5.75 Å². The Morgan fingerprint density at radius 3 is 3.27 bits per heavy atom. The summed E-state index contributed by atoms with van der Waals surface area (Å²) in [4.78, 5) is 11.7. The van der Waals surface area contributed by atoms with Gasteiger partial charge in [-0.3, -0.25) is 9.89 Å². The molecule has 5 heteroatoms. The minimum absolute atomic E-state index is 0.154. The maximum Gasteiger partial charge on any atom is 0.233 e. The molecule has 82 valence electrons. The second kappa shape index (κ2) is 5.21. The van der Waals surface area contributed by atoms with E-state index in [1.165, 1.54) is 12.8 Å². The smallest absolute Gasteiger partial charge is 0.233 e. The number of thioether (sulfide) groups is 1. The van der Waals surface area contributed by atoms with Crippen molar-refractivity contribution in [3.8, 4) is 0 Å². The molecule has 0 aliphatic carbocycles. The molecule has 0 saturated carbocycles. The lowest BCUT2D eigenvalue weighted by molar-refractivity contribution is -0.120. The van der Waals surface area contributed by atoms with Crippen molar-refractivity contribution in [1.29, 1.82) is 0 Å². The van der Waals surface area contributed by atoms with Gasteiger partial charge in [0.25, 0.3) is 0 Å². The summed E-state index contributed by atoms with van der Waals surface area (Å²) < 4.78 is 0. The largest absolute Gasteiger partial charge is 0.350 e. The molecule has 1 atom stereocenters. The first kappa shape index (κ1) is 10.5. The van der Waals surface area contributed by atoms with E-state index >= 15 is 0 Å². The Kier molecular flexibility index (Phi) is 3.66. The Morgan fingerprint density at radius 1 is 1.67 bits per heavy atom. The van der Waals surface area contributed by atoms with Gasteiger partial charge in [0.1, 0.15) is 0 Å². The molecule has 1 aromatic rings. The zero-order chi connectivity index (χ0) is 10.5. The van der Waals surface area contributed by atoms with Crippen LogP contribution in [0.2, 0.25) is 0 Å². The molecule has 0 aromatic carbocycles. The first-order valence-electron chi connectivity index (χ1n) is 5.24. The van der Waals surface area contributed by atoms with Gasteiger partial charge in [0.15, 0.2) is 0 Å². The van der Waals surface area contributed by atoms with Crippen molar-refractivity contribution in [2.45, 2.75) is 31.1 Å². The molecule has 1 aliphatic rings. The van der Waals surface area contributed by atoms with E-state index in [1.54, 1.807) is 18.0 Å². The monoisotopic (exact) mass is 225 g/mol. The van der Waals surface area contributed by atoms with Crippen LogP contribution in [0, 0.1) is 0 Å². The molecule has 1 saturated heterocycles. The Bertz CT molecular complexity index is 306. The second-order valence-electron chi connectivity index (χ2n) is 3.65.